The molecular weight excluding hydrogens is 270 g/mol. The molecule has 0 atom stereocenters. The van der Waals surface area contributed by atoms with Gasteiger partial charge >= 0.3 is 5.69 Å². The number of hydrogen-bond acceptors (Lipinski definition) is 6. The van der Waals surface area contributed by atoms with Gasteiger partial charge in [-0.05, 0) is 50.5 Å². The second-order valence-electron chi connectivity index (χ2n) is 4.46. The lowest BCUT2D eigenvalue weighted by Gasteiger charge is -2.14. The molecule has 0 spiro atoms. The topological polar surface area (TPSA) is 84.2 Å². The predicted octanol–water partition coefficient (Wildman–Crippen LogP) is 1.94. The molecule has 0 saturated carbocycles. The Kier molecular flexibility index (Phi) is 4.86. The van der Waals surface area contributed by atoms with E-state index in [-0.39, 0.29) is 16.8 Å². The van der Waals surface area contributed by atoms with Crippen LogP contribution >= 0.6 is 11.6 Å². The van der Waals surface area contributed by atoms with Crippen molar-refractivity contribution >= 4 is 23.1 Å². The maximum Gasteiger partial charge on any atom is 0.329 e. The molecule has 1 saturated heterocycles. The van der Waals surface area contributed by atoms with Crippen LogP contribution in [0.25, 0.3) is 0 Å². The van der Waals surface area contributed by atoms with Gasteiger partial charge in [-0.1, -0.05) is 0 Å². The van der Waals surface area contributed by atoms with E-state index in [4.69, 9.17) is 11.6 Å². The second kappa shape index (κ2) is 6.63. The molecule has 2 rings (SSSR count). The fourth-order valence-corrected chi connectivity index (χ4v) is 2.27. The second-order valence-corrected chi connectivity index (χ2v) is 4.80. The minimum atomic E-state index is -0.515. The van der Waals surface area contributed by atoms with Gasteiger partial charge in [-0.2, -0.15) is 4.98 Å². The Morgan fingerprint density at radius 1 is 1.47 bits per heavy atom. The summed E-state index contributed by atoms with van der Waals surface area (Å²) in [5, 5.41) is 13.8. The first-order valence-electron chi connectivity index (χ1n) is 6.30. The molecule has 1 fully saturated rings. The van der Waals surface area contributed by atoms with Gasteiger partial charge in [0.2, 0.25) is 11.1 Å². The van der Waals surface area contributed by atoms with E-state index >= 15 is 0 Å². The van der Waals surface area contributed by atoms with Crippen molar-refractivity contribution in [2.45, 2.75) is 19.3 Å². The summed E-state index contributed by atoms with van der Waals surface area (Å²) >= 11 is 5.64. The number of nitro groups is 1. The first-order chi connectivity index (χ1) is 9.16. The molecular formula is C11H16ClN5O2. The molecule has 2 heterocycles. The molecule has 8 heteroatoms. The molecule has 0 amide bonds. The minimum Gasteiger partial charge on any atom is -0.364 e. The minimum absolute atomic E-state index is 0.00708. The molecule has 19 heavy (non-hydrogen) atoms. The van der Waals surface area contributed by atoms with Crippen LogP contribution in [0.4, 0.5) is 11.5 Å². The summed E-state index contributed by atoms with van der Waals surface area (Å²) in [5.41, 5.74) is -0.148. The van der Waals surface area contributed by atoms with Gasteiger partial charge in [0.15, 0.2) is 0 Å². The van der Waals surface area contributed by atoms with Gasteiger partial charge in [0, 0.05) is 6.54 Å². The molecule has 0 aromatic carbocycles. The van der Waals surface area contributed by atoms with Crippen molar-refractivity contribution in [2.24, 2.45) is 0 Å². The van der Waals surface area contributed by atoms with Crippen LogP contribution < -0.4 is 5.32 Å². The lowest BCUT2D eigenvalue weighted by Crippen LogP contribution is -2.22. The smallest absolute Gasteiger partial charge is 0.329 e. The van der Waals surface area contributed by atoms with E-state index in [0.717, 1.165) is 32.3 Å². The average molecular weight is 286 g/mol. The number of likely N-dealkylation sites (tertiary alicyclic amines) is 1. The highest BCUT2D eigenvalue weighted by molar-refractivity contribution is 6.28. The Labute approximate surface area is 116 Å². The van der Waals surface area contributed by atoms with Crippen LogP contribution in [0.1, 0.15) is 19.3 Å². The lowest BCUT2D eigenvalue weighted by atomic mass is 10.3. The summed E-state index contributed by atoms with van der Waals surface area (Å²) in [4.78, 5) is 20.2. The number of halogens is 1. The standard InChI is InChI=1S/C11H16ClN5O2/c12-11-14-8-9(17(18)19)10(15-11)13-4-3-7-16-5-1-2-6-16/h8H,1-7H2,(H,13,14,15). The van der Waals surface area contributed by atoms with Crippen LogP contribution in [-0.2, 0) is 0 Å². The Bertz CT molecular complexity index is 451. The van der Waals surface area contributed by atoms with Gasteiger partial charge in [-0.15, -0.1) is 0 Å². The van der Waals surface area contributed by atoms with Crippen molar-refractivity contribution in [1.29, 1.82) is 0 Å². The quantitative estimate of drug-likeness (QED) is 0.372. The van der Waals surface area contributed by atoms with Crippen molar-refractivity contribution in [3.05, 3.63) is 21.6 Å². The zero-order valence-corrected chi connectivity index (χ0v) is 11.3. The van der Waals surface area contributed by atoms with Gasteiger partial charge in [0.05, 0.1) is 4.92 Å². The van der Waals surface area contributed by atoms with Crippen molar-refractivity contribution in [1.82, 2.24) is 14.9 Å². The summed E-state index contributed by atoms with van der Waals surface area (Å²) in [7, 11) is 0. The van der Waals surface area contributed by atoms with Crippen molar-refractivity contribution in [2.75, 3.05) is 31.5 Å². The summed E-state index contributed by atoms with van der Waals surface area (Å²) < 4.78 is 0. The maximum atomic E-state index is 10.8. The number of aromatic nitrogens is 2. The highest BCUT2D eigenvalue weighted by atomic mass is 35.5. The van der Waals surface area contributed by atoms with Crippen molar-refractivity contribution < 1.29 is 4.92 Å². The molecule has 1 aromatic heterocycles. The lowest BCUT2D eigenvalue weighted by molar-refractivity contribution is -0.384. The van der Waals surface area contributed by atoms with E-state index in [1.165, 1.54) is 12.8 Å². The maximum absolute atomic E-state index is 10.8. The number of hydrogen-bond donors (Lipinski definition) is 1. The number of rotatable bonds is 6. The predicted molar refractivity (Wildman–Crippen MR) is 72.5 cm³/mol. The van der Waals surface area contributed by atoms with Crippen LogP contribution in [0, 0.1) is 10.1 Å². The van der Waals surface area contributed by atoms with Crippen LogP contribution in [0.15, 0.2) is 6.20 Å². The van der Waals surface area contributed by atoms with E-state index in [2.05, 4.69) is 20.2 Å². The van der Waals surface area contributed by atoms with Gasteiger partial charge in [-0.25, -0.2) is 4.98 Å². The first-order valence-corrected chi connectivity index (χ1v) is 6.68. The average Bonchev–Trinajstić information content (AvgIpc) is 2.87. The third-order valence-electron chi connectivity index (χ3n) is 3.08. The zero-order chi connectivity index (χ0) is 13.7. The molecule has 0 aliphatic carbocycles. The number of nitrogens with zero attached hydrogens (tertiary/aromatic N) is 4. The van der Waals surface area contributed by atoms with Gasteiger partial charge < -0.3 is 10.2 Å². The summed E-state index contributed by atoms with van der Waals surface area (Å²) in [6, 6.07) is 0. The molecule has 7 nitrogen and oxygen atoms in total. The van der Waals surface area contributed by atoms with E-state index in [1.54, 1.807) is 0 Å². The fourth-order valence-electron chi connectivity index (χ4n) is 2.13. The van der Waals surface area contributed by atoms with Crippen molar-refractivity contribution in [3.63, 3.8) is 0 Å². The summed E-state index contributed by atoms with van der Waals surface area (Å²) in [5.74, 6) is 0.187. The Morgan fingerprint density at radius 2 is 2.21 bits per heavy atom. The van der Waals surface area contributed by atoms with Gasteiger partial charge in [0.1, 0.15) is 6.20 Å². The molecule has 0 unspecified atom stereocenters. The van der Waals surface area contributed by atoms with E-state index in [9.17, 15) is 10.1 Å². The molecule has 0 bridgehead atoms. The fraction of sp³-hybridized carbons (Fsp3) is 0.636. The van der Waals surface area contributed by atoms with Crippen LogP contribution in [0.2, 0.25) is 5.28 Å². The molecule has 0 radical (unpaired) electrons. The molecule has 1 aromatic rings. The third kappa shape index (κ3) is 4.00. The monoisotopic (exact) mass is 285 g/mol. The van der Waals surface area contributed by atoms with Crippen molar-refractivity contribution in [3.8, 4) is 0 Å². The van der Waals surface area contributed by atoms with E-state index in [1.807, 2.05) is 0 Å². The van der Waals surface area contributed by atoms with Crippen LogP contribution in [0.3, 0.4) is 0 Å². The third-order valence-corrected chi connectivity index (χ3v) is 3.26. The molecule has 104 valence electrons. The Balaban J connectivity index is 1.84. The highest BCUT2D eigenvalue weighted by Gasteiger charge is 2.16. The number of anilines is 1. The normalized spacial score (nSPS) is 15.6. The van der Waals surface area contributed by atoms with Gasteiger partial charge in [-0.3, -0.25) is 10.1 Å². The molecule has 1 aliphatic rings. The largest absolute Gasteiger partial charge is 0.364 e. The first kappa shape index (κ1) is 14.0. The Morgan fingerprint density at radius 3 is 2.89 bits per heavy atom. The SMILES string of the molecule is O=[N+]([O-])c1cnc(Cl)nc1NCCCN1CCCC1. The van der Waals surface area contributed by atoms with Crippen LogP contribution in [-0.4, -0.2) is 46.0 Å². The summed E-state index contributed by atoms with van der Waals surface area (Å²) in [6.45, 7) is 3.93. The Hall–Kier alpha value is -1.47. The van der Waals surface area contributed by atoms with E-state index < -0.39 is 4.92 Å². The van der Waals surface area contributed by atoms with E-state index in [0.29, 0.717) is 6.54 Å². The zero-order valence-electron chi connectivity index (χ0n) is 10.5. The highest BCUT2D eigenvalue weighted by Crippen LogP contribution is 2.21. The molecule has 1 N–H and O–H groups in total. The number of nitrogens with one attached hydrogen (secondary N) is 1. The van der Waals surface area contributed by atoms with Gasteiger partial charge in [0.25, 0.3) is 0 Å². The van der Waals surface area contributed by atoms with Crippen LogP contribution in [0.5, 0.6) is 0 Å². The molecule has 1 aliphatic heterocycles. The summed E-state index contributed by atoms with van der Waals surface area (Å²) in [6.07, 6.45) is 4.57.